The summed E-state index contributed by atoms with van der Waals surface area (Å²) in [5.41, 5.74) is 0. The average molecular weight is 838 g/mol. The van der Waals surface area contributed by atoms with Gasteiger partial charge in [0.25, 0.3) is 0 Å². The second kappa shape index (κ2) is 47.4. The predicted octanol–water partition coefficient (Wildman–Crippen LogP) is 15.0. The lowest BCUT2D eigenvalue weighted by atomic mass is 10.0. The van der Waals surface area contributed by atoms with Crippen molar-refractivity contribution in [1.29, 1.82) is 0 Å². The first-order chi connectivity index (χ1) is 29.5. The van der Waals surface area contributed by atoms with E-state index in [0.29, 0.717) is 19.3 Å². The van der Waals surface area contributed by atoms with Gasteiger partial charge in [-0.1, -0.05) is 235 Å². The fourth-order valence-corrected chi connectivity index (χ4v) is 7.25. The van der Waals surface area contributed by atoms with Crippen LogP contribution in [0.25, 0.3) is 0 Å². The molecule has 1 amide bonds. The summed E-state index contributed by atoms with van der Waals surface area (Å²) < 4.78 is 5.80. The fraction of sp³-hybridized carbons (Fsp3) is 0.741. The van der Waals surface area contributed by atoms with E-state index in [1.807, 2.05) is 6.08 Å². The number of hydrogen-bond donors (Lipinski definition) is 3. The number of rotatable bonds is 44. The lowest BCUT2D eigenvalue weighted by Gasteiger charge is -2.23. The Labute approximate surface area is 371 Å². The first-order valence-electron chi connectivity index (χ1n) is 25.2. The number of aliphatic hydroxyl groups excluding tert-OH is 2. The summed E-state index contributed by atoms with van der Waals surface area (Å²) in [6, 6.07) is -0.743. The normalized spacial score (nSPS) is 13.9. The zero-order valence-corrected chi connectivity index (χ0v) is 39.3. The predicted molar refractivity (Wildman–Crippen MR) is 259 cm³/mol. The number of unbranched alkanes of at least 4 members (excludes halogenated alkanes) is 22. The maximum Gasteiger partial charge on any atom is 0.306 e. The van der Waals surface area contributed by atoms with Gasteiger partial charge in [-0.15, -0.1) is 0 Å². The molecule has 3 unspecified atom stereocenters. The lowest BCUT2D eigenvalue weighted by molar-refractivity contribution is -0.148. The molecule has 6 nitrogen and oxygen atoms in total. The van der Waals surface area contributed by atoms with Crippen molar-refractivity contribution in [2.24, 2.45) is 0 Å². The summed E-state index contributed by atoms with van der Waals surface area (Å²) in [7, 11) is 0. The van der Waals surface area contributed by atoms with E-state index < -0.39 is 18.2 Å². The van der Waals surface area contributed by atoms with E-state index in [-0.39, 0.29) is 24.9 Å². The lowest BCUT2D eigenvalue weighted by Crippen LogP contribution is -2.46. The minimum absolute atomic E-state index is 0.0476. The number of allylic oxidation sites excluding steroid dienone is 11. The van der Waals surface area contributed by atoms with Gasteiger partial charge in [-0.05, 0) is 57.4 Å². The van der Waals surface area contributed by atoms with Crippen LogP contribution in [0.15, 0.2) is 72.9 Å². The first-order valence-corrected chi connectivity index (χ1v) is 25.2. The van der Waals surface area contributed by atoms with Gasteiger partial charge in [-0.3, -0.25) is 9.59 Å². The van der Waals surface area contributed by atoms with E-state index in [2.05, 4.69) is 86.8 Å². The molecule has 0 bridgehead atoms. The highest BCUT2D eigenvalue weighted by Gasteiger charge is 2.23. The highest BCUT2D eigenvalue weighted by atomic mass is 16.5. The molecule has 0 radical (unpaired) electrons. The number of carbonyl (C=O) groups excluding carboxylic acids is 2. The van der Waals surface area contributed by atoms with Crippen molar-refractivity contribution in [3.63, 3.8) is 0 Å². The Morgan fingerprint density at radius 1 is 0.500 bits per heavy atom. The van der Waals surface area contributed by atoms with Crippen LogP contribution in [0.1, 0.15) is 233 Å². The zero-order valence-electron chi connectivity index (χ0n) is 39.3. The van der Waals surface area contributed by atoms with Crippen molar-refractivity contribution < 1.29 is 24.5 Å². The van der Waals surface area contributed by atoms with E-state index in [4.69, 9.17) is 4.74 Å². The summed E-state index contributed by atoms with van der Waals surface area (Å²) in [4.78, 5) is 26.0. The van der Waals surface area contributed by atoms with Crippen LogP contribution in [-0.2, 0) is 14.3 Å². The third-order valence-electron chi connectivity index (χ3n) is 11.0. The number of ether oxygens (including phenoxy) is 1. The molecule has 0 fully saturated rings. The summed E-state index contributed by atoms with van der Waals surface area (Å²) in [5.74, 6) is -0.631. The van der Waals surface area contributed by atoms with Gasteiger partial charge in [0.2, 0.25) is 5.91 Å². The van der Waals surface area contributed by atoms with Crippen molar-refractivity contribution in [3.05, 3.63) is 72.9 Å². The molecular formula is C54H95NO5. The maximum atomic E-state index is 13.1. The van der Waals surface area contributed by atoms with Crippen LogP contribution >= 0.6 is 0 Å². The Morgan fingerprint density at radius 3 is 1.27 bits per heavy atom. The molecule has 60 heavy (non-hydrogen) atoms. The summed E-state index contributed by atoms with van der Waals surface area (Å²) in [6.07, 6.45) is 59.9. The molecule has 0 heterocycles. The Morgan fingerprint density at radius 2 is 0.867 bits per heavy atom. The maximum absolute atomic E-state index is 13.1. The van der Waals surface area contributed by atoms with Gasteiger partial charge in [-0.25, -0.2) is 0 Å². The summed E-state index contributed by atoms with van der Waals surface area (Å²) in [6.45, 7) is 6.32. The molecule has 6 heteroatoms. The molecule has 3 N–H and O–H groups in total. The minimum Gasteiger partial charge on any atom is -0.458 e. The highest BCUT2D eigenvalue weighted by Crippen LogP contribution is 2.16. The van der Waals surface area contributed by atoms with Crippen LogP contribution in [0.3, 0.4) is 0 Å². The number of amides is 1. The SMILES string of the molecule is CC/C=C\C/C=C\C/C=C\C/C=C\C/C=C\C/C=C\C(CC(=O)NC(CO)C(O)CCCCCCCCCCCCCCCC)OC(=O)CCCCCCCCCCCC. The molecule has 346 valence electrons. The Bertz CT molecular complexity index is 1120. The molecule has 0 saturated carbocycles. The van der Waals surface area contributed by atoms with Crippen LogP contribution in [0.5, 0.6) is 0 Å². The van der Waals surface area contributed by atoms with Crippen molar-refractivity contribution in [3.8, 4) is 0 Å². The van der Waals surface area contributed by atoms with Gasteiger partial charge in [0.05, 0.1) is 25.2 Å². The largest absolute Gasteiger partial charge is 0.458 e. The number of nitrogens with one attached hydrogen (secondary N) is 1. The second-order valence-corrected chi connectivity index (χ2v) is 16.8. The van der Waals surface area contributed by atoms with Gasteiger partial charge in [0, 0.05) is 6.42 Å². The van der Waals surface area contributed by atoms with Crippen LogP contribution < -0.4 is 5.32 Å². The van der Waals surface area contributed by atoms with Crippen LogP contribution in [0.2, 0.25) is 0 Å². The number of hydrogen-bond acceptors (Lipinski definition) is 5. The van der Waals surface area contributed by atoms with Gasteiger partial charge >= 0.3 is 5.97 Å². The van der Waals surface area contributed by atoms with Crippen molar-refractivity contribution in [1.82, 2.24) is 5.32 Å². The Kier molecular flexibility index (Phi) is 45.2. The first kappa shape index (κ1) is 57.3. The van der Waals surface area contributed by atoms with Gasteiger partial charge in [0.1, 0.15) is 6.10 Å². The van der Waals surface area contributed by atoms with Crippen molar-refractivity contribution >= 4 is 11.9 Å². The van der Waals surface area contributed by atoms with E-state index in [1.165, 1.54) is 116 Å². The molecule has 0 aliphatic carbocycles. The molecule has 3 atom stereocenters. The number of carbonyl (C=O) groups is 2. The Hall–Kier alpha value is -2.70. The molecule has 0 aromatic rings. The molecule has 0 saturated heterocycles. The fourth-order valence-electron chi connectivity index (χ4n) is 7.25. The standard InChI is InChI=1S/C54H95NO5/c1-4-7-10-13-16-19-22-24-26-27-28-29-31-33-36-39-42-45-50(60-54(59)47-44-41-38-35-21-18-15-12-9-6-3)48-53(58)55-51(49-56)52(57)46-43-40-37-34-32-30-25-23-20-17-14-11-8-5-2/h7,10,16,19,24,26,28-29,33,36,42,45,50-52,56-57H,4-6,8-9,11-15,17-18,20-23,25,27,30-32,34-35,37-41,43-44,46-49H2,1-3H3,(H,55,58)/b10-7-,19-16-,26-24-,29-28-,36-33-,45-42-. The van der Waals surface area contributed by atoms with Crippen molar-refractivity contribution in [2.75, 3.05) is 6.61 Å². The van der Waals surface area contributed by atoms with Gasteiger partial charge < -0.3 is 20.3 Å². The third-order valence-corrected chi connectivity index (χ3v) is 11.0. The van der Waals surface area contributed by atoms with E-state index >= 15 is 0 Å². The average Bonchev–Trinajstić information content (AvgIpc) is 3.24. The van der Waals surface area contributed by atoms with E-state index in [0.717, 1.165) is 70.6 Å². The topological polar surface area (TPSA) is 95.9 Å². The van der Waals surface area contributed by atoms with Crippen molar-refractivity contribution in [2.45, 2.75) is 251 Å². The smallest absolute Gasteiger partial charge is 0.306 e. The van der Waals surface area contributed by atoms with E-state index in [1.54, 1.807) is 6.08 Å². The minimum atomic E-state index is -0.820. The van der Waals surface area contributed by atoms with Crippen LogP contribution in [0.4, 0.5) is 0 Å². The molecule has 0 aromatic heterocycles. The zero-order chi connectivity index (χ0) is 43.8. The highest BCUT2D eigenvalue weighted by molar-refractivity contribution is 5.78. The molecule has 0 aromatic carbocycles. The molecular weight excluding hydrogens is 743 g/mol. The molecule has 0 aliphatic rings. The van der Waals surface area contributed by atoms with Gasteiger partial charge in [-0.2, -0.15) is 0 Å². The molecule has 0 spiro atoms. The van der Waals surface area contributed by atoms with Crippen LogP contribution in [-0.4, -0.2) is 46.9 Å². The number of esters is 1. The van der Waals surface area contributed by atoms with Gasteiger partial charge in [0.15, 0.2) is 0 Å². The molecule has 0 aliphatic heterocycles. The monoisotopic (exact) mass is 838 g/mol. The number of aliphatic hydroxyl groups is 2. The molecule has 0 rings (SSSR count). The Balaban J connectivity index is 4.74. The second-order valence-electron chi connectivity index (χ2n) is 16.8. The quantitative estimate of drug-likeness (QED) is 0.0323. The summed E-state index contributed by atoms with van der Waals surface area (Å²) in [5, 5.41) is 23.7. The third kappa shape index (κ3) is 42.0. The van der Waals surface area contributed by atoms with Crippen LogP contribution in [0, 0.1) is 0 Å². The van der Waals surface area contributed by atoms with E-state index in [9.17, 15) is 19.8 Å². The summed E-state index contributed by atoms with van der Waals surface area (Å²) >= 11 is 0.